The number of anilines is 1. The van der Waals surface area contributed by atoms with Crippen molar-refractivity contribution >= 4 is 17.7 Å². The molecular weight excluding hydrogens is 268 g/mol. The number of amides is 2. The van der Waals surface area contributed by atoms with E-state index in [4.69, 9.17) is 0 Å². The van der Waals surface area contributed by atoms with E-state index >= 15 is 0 Å². The number of benzene rings is 1. The zero-order valence-corrected chi connectivity index (χ0v) is 13.3. The van der Waals surface area contributed by atoms with Gasteiger partial charge >= 0.3 is 12.0 Å². The standard InChI is InChI=1S/C16H24N2O3/c1-6-7-16(4,5)18-15(21)17-13-11(3)8-10(2)9-12(13)14(19)20/h8-9H,6-7H2,1-5H3,(H,19,20)(H2,17,18,21). The van der Waals surface area contributed by atoms with Gasteiger partial charge in [0.1, 0.15) is 0 Å². The van der Waals surface area contributed by atoms with E-state index in [-0.39, 0.29) is 17.1 Å². The van der Waals surface area contributed by atoms with E-state index in [0.29, 0.717) is 5.69 Å². The molecule has 1 aromatic rings. The summed E-state index contributed by atoms with van der Waals surface area (Å²) in [4.78, 5) is 23.4. The van der Waals surface area contributed by atoms with E-state index in [2.05, 4.69) is 10.6 Å². The fourth-order valence-corrected chi connectivity index (χ4v) is 2.44. The van der Waals surface area contributed by atoms with Gasteiger partial charge in [0.15, 0.2) is 0 Å². The van der Waals surface area contributed by atoms with Crippen LogP contribution in [0.25, 0.3) is 0 Å². The van der Waals surface area contributed by atoms with Crippen molar-refractivity contribution < 1.29 is 14.7 Å². The highest BCUT2D eigenvalue weighted by molar-refractivity contribution is 6.01. The third-order valence-corrected chi connectivity index (χ3v) is 3.28. The summed E-state index contributed by atoms with van der Waals surface area (Å²) in [5, 5.41) is 14.8. The van der Waals surface area contributed by atoms with Crippen LogP contribution in [0.3, 0.4) is 0 Å². The minimum Gasteiger partial charge on any atom is -0.478 e. The number of aryl methyl sites for hydroxylation is 2. The maximum absolute atomic E-state index is 12.1. The second-order valence-electron chi connectivity index (χ2n) is 6.02. The lowest BCUT2D eigenvalue weighted by Crippen LogP contribution is -2.45. The first-order chi connectivity index (χ1) is 9.66. The highest BCUT2D eigenvalue weighted by atomic mass is 16.4. The van der Waals surface area contributed by atoms with Gasteiger partial charge in [0.05, 0.1) is 11.3 Å². The molecular formula is C16H24N2O3. The average molecular weight is 292 g/mol. The monoisotopic (exact) mass is 292 g/mol. The molecule has 0 atom stereocenters. The Morgan fingerprint density at radius 1 is 1.24 bits per heavy atom. The van der Waals surface area contributed by atoms with Crippen LogP contribution in [0.15, 0.2) is 12.1 Å². The van der Waals surface area contributed by atoms with Gasteiger partial charge in [-0.15, -0.1) is 0 Å². The molecule has 0 aliphatic carbocycles. The Balaban J connectivity index is 2.98. The summed E-state index contributed by atoms with van der Waals surface area (Å²) in [6, 6.07) is 3.02. The highest BCUT2D eigenvalue weighted by Crippen LogP contribution is 2.23. The van der Waals surface area contributed by atoms with Gasteiger partial charge in [-0.3, -0.25) is 0 Å². The number of nitrogens with one attached hydrogen (secondary N) is 2. The lowest BCUT2D eigenvalue weighted by atomic mass is 9.99. The minimum absolute atomic E-state index is 0.107. The van der Waals surface area contributed by atoms with Crippen molar-refractivity contribution in [3.8, 4) is 0 Å². The molecule has 21 heavy (non-hydrogen) atoms. The molecule has 0 saturated carbocycles. The molecule has 0 bridgehead atoms. The lowest BCUT2D eigenvalue weighted by Gasteiger charge is -2.26. The molecule has 2 amide bonds. The zero-order valence-electron chi connectivity index (χ0n) is 13.3. The molecule has 0 heterocycles. The van der Waals surface area contributed by atoms with Crippen LogP contribution in [0.1, 0.15) is 55.1 Å². The molecule has 0 aromatic heterocycles. The van der Waals surface area contributed by atoms with Crippen molar-refractivity contribution in [3.05, 3.63) is 28.8 Å². The van der Waals surface area contributed by atoms with Gasteiger partial charge in [0.25, 0.3) is 0 Å². The molecule has 5 nitrogen and oxygen atoms in total. The third-order valence-electron chi connectivity index (χ3n) is 3.28. The molecule has 0 fully saturated rings. The van der Waals surface area contributed by atoms with Crippen LogP contribution in [0.4, 0.5) is 10.5 Å². The molecule has 0 aliphatic rings. The summed E-state index contributed by atoms with van der Waals surface area (Å²) < 4.78 is 0. The van der Waals surface area contributed by atoms with Gasteiger partial charge in [-0.1, -0.05) is 19.4 Å². The number of aromatic carboxylic acids is 1. The maximum Gasteiger partial charge on any atom is 0.337 e. The van der Waals surface area contributed by atoms with Crippen LogP contribution < -0.4 is 10.6 Å². The van der Waals surface area contributed by atoms with Gasteiger partial charge in [-0.2, -0.15) is 0 Å². The number of carbonyl (C=O) groups is 2. The van der Waals surface area contributed by atoms with Crippen molar-refractivity contribution in [2.75, 3.05) is 5.32 Å². The van der Waals surface area contributed by atoms with Crippen LogP contribution in [0.5, 0.6) is 0 Å². The first-order valence-electron chi connectivity index (χ1n) is 7.10. The molecule has 3 N–H and O–H groups in total. The second kappa shape index (κ2) is 6.61. The van der Waals surface area contributed by atoms with Gasteiger partial charge in [-0.25, -0.2) is 9.59 Å². The molecule has 0 unspecified atom stereocenters. The fraction of sp³-hybridized carbons (Fsp3) is 0.500. The van der Waals surface area contributed by atoms with Gasteiger partial charge in [-0.05, 0) is 51.3 Å². The number of rotatable bonds is 5. The number of carboxylic acids is 1. The van der Waals surface area contributed by atoms with Crippen molar-refractivity contribution in [3.63, 3.8) is 0 Å². The quantitative estimate of drug-likeness (QED) is 0.774. The molecule has 1 rings (SSSR count). The third kappa shape index (κ3) is 4.77. The Morgan fingerprint density at radius 3 is 2.38 bits per heavy atom. The molecule has 5 heteroatoms. The van der Waals surface area contributed by atoms with E-state index < -0.39 is 5.97 Å². The Kier molecular flexibility index (Phi) is 5.35. The number of carbonyl (C=O) groups excluding carboxylic acids is 1. The average Bonchev–Trinajstić information content (AvgIpc) is 2.30. The predicted octanol–water partition coefficient (Wildman–Crippen LogP) is 3.70. The second-order valence-corrected chi connectivity index (χ2v) is 6.02. The lowest BCUT2D eigenvalue weighted by molar-refractivity contribution is 0.0698. The molecule has 1 aromatic carbocycles. The predicted molar refractivity (Wildman–Crippen MR) is 84.0 cm³/mol. The number of urea groups is 1. The maximum atomic E-state index is 12.1. The zero-order chi connectivity index (χ0) is 16.2. The molecule has 116 valence electrons. The Bertz CT molecular complexity index is 551. The van der Waals surface area contributed by atoms with Crippen LogP contribution in [0, 0.1) is 13.8 Å². The number of hydrogen-bond acceptors (Lipinski definition) is 2. The van der Waals surface area contributed by atoms with Crippen molar-refractivity contribution in [1.82, 2.24) is 5.32 Å². The first-order valence-corrected chi connectivity index (χ1v) is 7.10. The summed E-state index contributed by atoms with van der Waals surface area (Å²) in [5.74, 6) is -1.05. The van der Waals surface area contributed by atoms with Gasteiger partial charge in [0, 0.05) is 5.54 Å². The van der Waals surface area contributed by atoms with E-state index in [1.807, 2.05) is 33.8 Å². The first kappa shape index (κ1) is 17.0. The van der Waals surface area contributed by atoms with E-state index in [9.17, 15) is 14.7 Å². The highest BCUT2D eigenvalue weighted by Gasteiger charge is 2.21. The van der Waals surface area contributed by atoms with Crippen LogP contribution in [0.2, 0.25) is 0 Å². The van der Waals surface area contributed by atoms with Gasteiger partial charge in [0.2, 0.25) is 0 Å². The summed E-state index contributed by atoms with van der Waals surface area (Å²) in [7, 11) is 0. The topological polar surface area (TPSA) is 78.4 Å². The summed E-state index contributed by atoms with van der Waals surface area (Å²) >= 11 is 0. The van der Waals surface area contributed by atoms with E-state index in [1.54, 1.807) is 13.0 Å². The van der Waals surface area contributed by atoms with Crippen molar-refractivity contribution in [1.29, 1.82) is 0 Å². The van der Waals surface area contributed by atoms with Gasteiger partial charge < -0.3 is 15.7 Å². The smallest absolute Gasteiger partial charge is 0.337 e. The Hall–Kier alpha value is -2.04. The summed E-state index contributed by atoms with van der Waals surface area (Å²) in [6.07, 6.45) is 1.80. The van der Waals surface area contributed by atoms with Crippen LogP contribution in [-0.2, 0) is 0 Å². The Labute approximate surface area is 125 Å². The normalized spacial score (nSPS) is 11.1. The van der Waals surface area contributed by atoms with Crippen molar-refractivity contribution in [2.45, 2.75) is 53.0 Å². The molecule has 0 radical (unpaired) electrons. The molecule has 0 aliphatic heterocycles. The number of hydrogen-bond donors (Lipinski definition) is 3. The van der Waals surface area contributed by atoms with Crippen molar-refractivity contribution in [2.24, 2.45) is 0 Å². The molecule has 0 saturated heterocycles. The van der Waals surface area contributed by atoms with Crippen LogP contribution >= 0.6 is 0 Å². The SMILES string of the molecule is CCCC(C)(C)NC(=O)Nc1c(C)cc(C)cc1C(=O)O. The largest absolute Gasteiger partial charge is 0.478 e. The minimum atomic E-state index is -1.05. The summed E-state index contributed by atoms with van der Waals surface area (Å²) in [5.41, 5.74) is 1.70. The molecule has 0 spiro atoms. The fourth-order valence-electron chi connectivity index (χ4n) is 2.44. The van der Waals surface area contributed by atoms with E-state index in [0.717, 1.165) is 24.0 Å². The summed E-state index contributed by atoms with van der Waals surface area (Å²) in [6.45, 7) is 9.54. The Morgan fingerprint density at radius 2 is 1.86 bits per heavy atom. The van der Waals surface area contributed by atoms with Crippen LogP contribution in [-0.4, -0.2) is 22.6 Å². The number of carboxylic acid groups (broad SMARTS) is 1. The van der Waals surface area contributed by atoms with E-state index in [1.165, 1.54) is 0 Å².